The van der Waals surface area contributed by atoms with E-state index in [1.807, 2.05) is 20.8 Å². The Morgan fingerprint density at radius 2 is 2.10 bits per heavy atom. The Hall–Kier alpha value is -2.01. The minimum atomic E-state index is -0.197. The number of halogens is 1. The average Bonchev–Trinajstić information content (AvgIpc) is 2.44. The summed E-state index contributed by atoms with van der Waals surface area (Å²) >= 11 is 5.96. The Morgan fingerprint density at radius 3 is 2.76 bits per heavy atom. The maximum absolute atomic E-state index is 12.2. The highest BCUT2D eigenvalue weighted by atomic mass is 35.5. The van der Waals surface area contributed by atoms with E-state index in [1.165, 1.54) is 0 Å². The number of aromatic nitrogens is 3. The molecule has 0 saturated heterocycles. The molecule has 0 spiro atoms. The molecule has 2 heterocycles. The average molecular weight is 305 g/mol. The summed E-state index contributed by atoms with van der Waals surface area (Å²) in [5.41, 5.74) is 2.06. The predicted molar refractivity (Wildman–Crippen MR) is 81.3 cm³/mol. The largest absolute Gasteiger partial charge is 0.346 e. The first-order valence-electron chi connectivity index (χ1n) is 6.70. The van der Waals surface area contributed by atoms with Gasteiger partial charge in [-0.1, -0.05) is 25.4 Å². The monoisotopic (exact) mass is 304 g/mol. The van der Waals surface area contributed by atoms with Crippen LogP contribution in [0.25, 0.3) is 0 Å². The van der Waals surface area contributed by atoms with Gasteiger partial charge in [0, 0.05) is 17.5 Å². The molecular weight excluding hydrogens is 288 g/mol. The summed E-state index contributed by atoms with van der Waals surface area (Å²) in [5.74, 6) is 0.688. The zero-order valence-corrected chi connectivity index (χ0v) is 13.0. The molecule has 21 heavy (non-hydrogen) atoms. The van der Waals surface area contributed by atoms with Crippen LogP contribution in [0.15, 0.2) is 24.4 Å². The molecule has 5 nitrogen and oxygen atoms in total. The minimum absolute atomic E-state index is 0.197. The van der Waals surface area contributed by atoms with Crippen LogP contribution in [-0.4, -0.2) is 20.9 Å². The molecule has 2 rings (SSSR count). The molecule has 0 atom stereocenters. The van der Waals surface area contributed by atoms with E-state index < -0.39 is 0 Å². The summed E-state index contributed by atoms with van der Waals surface area (Å²) in [6.45, 7) is 6.16. The fraction of sp³-hybridized carbons (Fsp3) is 0.333. The van der Waals surface area contributed by atoms with E-state index in [9.17, 15) is 4.79 Å². The van der Waals surface area contributed by atoms with Crippen LogP contribution in [0.2, 0.25) is 5.15 Å². The van der Waals surface area contributed by atoms with Gasteiger partial charge in [0.2, 0.25) is 0 Å². The molecule has 0 radical (unpaired) electrons. The van der Waals surface area contributed by atoms with Crippen molar-refractivity contribution in [2.45, 2.75) is 33.2 Å². The van der Waals surface area contributed by atoms with Gasteiger partial charge >= 0.3 is 0 Å². The smallest absolute Gasteiger partial charge is 0.251 e. The third-order valence-electron chi connectivity index (χ3n) is 2.93. The van der Waals surface area contributed by atoms with Crippen molar-refractivity contribution in [3.05, 3.63) is 52.3 Å². The van der Waals surface area contributed by atoms with Gasteiger partial charge in [-0.2, -0.15) is 0 Å². The predicted octanol–water partition coefficient (Wildman–Crippen LogP) is 2.89. The summed E-state index contributed by atoms with van der Waals surface area (Å²) in [7, 11) is 0. The number of hydrogen-bond acceptors (Lipinski definition) is 4. The van der Waals surface area contributed by atoms with Crippen LogP contribution in [0.1, 0.15) is 47.3 Å². The van der Waals surface area contributed by atoms with Crippen molar-refractivity contribution in [2.24, 2.45) is 0 Å². The quantitative estimate of drug-likeness (QED) is 0.882. The van der Waals surface area contributed by atoms with Crippen LogP contribution < -0.4 is 5.32 Å². The fourth-order valence-corrected chi connectivity index (χ4v) is 2.04. The Morgan fingerprint density at radius 1 is 1.33 bits per heavy atom. The number of aryl methyl sites for hydroxylation is 1. The molecule has 0 bridgehead atoms. The summed E-state index contributed by atoms with van der Waals surface area (Å²) in [6, 6.07) is 5.09. The van der Waals surface area contributed by atoms with Gasteiger partial charge < -0.3 is 5.32 Å². The molecule has 0 aliphatic heterocycles. The lowest BCUT2D eigenvalue weighted by molar-refractivity contribution is 0.0950. The second-order valence-corrected chi connectivity index (χ2v) is 5.42. The molecule has 1 N–H and O–H groups in total. The second kappa shape index (κ2) is 6.63. The highest BCUT2D eigenvalue weighted by molar-refractivity contribution is 6.29. The van der Waals surface area contributed by atoms with Gasteiger partial charge in [0.05, 0.1) is 12.2 Å². The van der Waals surface area contributed by atoms with Crippen LogP contribution in [0, 0.1) is 6.92 Å². The molecule has 6 heteroatoms. The van der Waals surface area contributed by atoms with E-state index in [0.29, 0.717) is 23.1 Å². The zero-order valence-electron chi connectivity index (χ0n) is 12.2. The molecule has 0 aliphatic carbocycles. The number of rotatable bonds is 4. The first-order valence-corrected chi connectivity index (χ1v) is 7.07. The van der Waals surface area contributed by atoms with Crippen molar-refractivity contribution in [3.63, 3.8) is 0 Å². The number of carbonyl (C=O) groups is 1. The van der Waals surface area contributed by atoms with E-state index in [2.05, 4.69) is 20.3 Å². The highest BCUT2D eigenvalue weighted by Gasteiger charge is 2.11. The molecule has 0 unspecified atom stereocenters. The number of pyridine rings is 1. The molecule has 2 aromatic heterocycles. The Balaban J connectivity index is 2.10. The Labute approximate surface area is 128 Å². The molecule has 0 saturated carbocycles. The minimum Gasteiger partial charge on any atom is -0.346 e. The number of nitrogens with one attached hydrogen (secondary N) is 1. The maximum Gasteiger partial charge on any atom is 0.251 e. The first-order chi connectivity index (χ1) is 9.95. The van der Waals surface area contributed by atoms with Gasteiger partial charge in [0.25, 0.3) is 5.91 Å². The van der Waals surface area contributed by atoms with Crippen LogP contribution in [0.5, 0.6) is 0 Å². The van der Waals surface area contributed by atoms with Crippen molar-refractivity contribution in [1.82, 2.24) is 20.3 Å². The van der Waals surface area contributed by atoms with Crippen molar-refractivity contribution in [3.8, 4) is 0 Å². The topological polar surface area (TPSA) is 67.8 Å². The molecule has 0 aliphatic rings. The third-order valence-corrected chi connectivity index (χ3v) is 3.13. The van der Waals surface area contributed by atoms with Crippen molar-refractivity contribution >= 4 is 17.5 Å². The van der Waals surface area contributed by atoms with E-state index >= 15 is 0 Å². The van der Waals surface area contributed by atoms with E-state index in [4.69, 9.17) is 11.6 Å². The van der Waals surface area contributed by atoms with Crippen LogP contribution in [-0.2, 0) is 6.54 Å². The number of nitrogens with zero attached hydrogens (tertiary/aromatic N) is 3. The lowest BCUT2D eigenvalue weighted by Gasteiger charge is -2.09. The van der Waals surface area contributed by atoms with Crippen LogP contribution in [0.3, 0.4) is 0 Å². The molecule has 1 amide bonds. The second-order valence-electron chi connectivity index (χ2n) is 5.04. The summed E-state index contributed by atoms with van der Waals surface area (Å²) in [5, 5.41) is 3.14. The molecular formula is C15H17ClN4O. The van der Waals surface area contributed by atoms with Crippen molar-refractivity contribution in [1.29, 1.82) is 0 Å². The van der Waals surface area contributed by atoms with Gasteiger partial charge in [0.1, 0.15) is 11.0 Å². The van der Waals surface area contributed by atoms with Crippen LogP contribution in [0.4, 0.5) is 0 Å². The summed E-state index contributed by atoms with van der Waals surface area (Å²) in [4.78, 5) is 24.7. The normalized spacial score (nSPS) is 10.7. The number of hydrogen-bond donors (Lipinski definition) is 1. The summed E-state index contributed by atoms with van der Waals surface area (Å²) in [6.07, 6.45) is 1.67. The zero-order chi connectivity index (χ0) is 15.4. The molecule has 0 fully saturated rings. The third kappa shape index (κ3) is 4.23. The summed E-state index contributed by atoms with van der Waals surface area (Å²) < 4.78 is 0. The standard InChI is InChI=1S/C15H17ClN4O/c1-9(2)13-6-11(7-14(16)20-13)15(21)18-8-12-4-5-17-10(3)19-12/h4-7,9H,8H2,1-3H3,(H,18,21). The Kier molecular flexibility index (Phi) is 4.85. The molecule has 2 aromatic rings. The van der Waals surface area contributed by atoms with Gasteiger partial charge in [-0.15, -0.1) is 0 Å². The number of amides is 1. The SMILES string of the molecule is Cc1nccc(CNC(=O)c2cc(Cl)nc(C(C)C)c2)n1. The van der Waals surface area contributed by atoms with E-state index in [1.54, 1.807) is 24.4 Å². The Bertz CT molecular complexity index is 658. The van der Waals surface area contributed by atoms with Crippen molar-refractivity contribution in [2.75, 3.05) is 0 Å². The van der Waals surface area contributed by atoms with E-state index in [-0.39, 0.29) is 11.8 Å². The van der Waals surface area contributed by atoms with Gasteiger partial charge in [-0.3, -0.25) is 4.79 Å². The fourth-order valence-electron chi connectivity index (χ4n) is 1.82. The number of carbonyl (C=O) groups excluding carboxylic acids is 1. The molecule has 110 valence electrons. The van der Waals surface area contributed by atoms with Gasteiger partial charge in [0.15, 0.2) is 0 Å². The van der Waals surface area contributed by atoms with Crippen LogP contribution >= 0.6 is 11.6 Å². The highest BCUT2D eigenvalue weighted by Crippen LogP contribution is 2.17. The van der Waals surface area contributed by atoms with Crippen molar-refractivity contribution < 1.29 is 4.79 Å². The van der Waals surface area contributed by atoms with Gasteiger partial charge in [-0.25, -0.2) is 15.0 Å². The van der Waals surface area contributed by atoms with Gasteiger partial charge in [-0.05, 0) is 31.0 Å². The lowest BCUT2D eigenvalue weighted by atomic mass is 10.1. The maximum atomic E-state index is 12.2. The molecule has 0 aromatic carbocycles. The van der Waals surface area contributed by atoms with E-state index in [0.717, 1.165) is 11.4 Å². The lowest BCUT2D eigenvalue weighted by Crippen LogP contribution is -2.23. The first kappa shape index (κ1) is 15.4.